The van der Waals surface area contributed by atoms with Crippen molar-refractivity contribution in [1.82, 2.24) is 5.43 Å². The second-order valence-electron chi connectivity index (χ2n) is 7.80. The number of nitrogens with one attached hydrogen (secondary N) is 2. The number of benzene rings is 2. The number of hydrogen-bond donors (Lipinski definition) is 2. The first-order valence-electron chi connectivity index (χ1n) is 9.06. The molecule has 2 aromatic rings. The lowest BCUT2D eigenvalue weighted by molar-refractivity contribution is -0.115. The molecule has 2 aromatic carbocycles. The molecule has 148 valence electrons. The van der Waals surface area contributed by atoms with Gasteiger partial charge in [0, 0.05) is 22.0 Å². The maximum Gasteiger partial charge on any atom is 0.271 e. The van der Waals surface area contributed by atoms with E-state index in [-0.39, 0.29) is 23.7 Å². The number of carbonyl (C=O) groups is 2. The second-order valence-corrected chi connectivity index (χ2v) is 8.21. The van der Waals surface area contributed by atoms with Crippen molar-refractivity contribution in [3.8, 4) is 0 Å². The molecule has 0 aliphatic rings. The highest BCUT2D eigenvalue weighted by Gasteiger charge is 2.14. The van der Waals surface area contributed by atoms with Crippen molar-refractivity contribution in [1.29, 1.82) is 0 Å². The number of hydrogen-bond acceptors (Lipinski definition) is 3. The van der Waals surface area contributed by atoms with Gasteiger partial charge in [-0.25, -0.2) is 5.43 Å². The van der Waals surface area contributed by atoms with E-state index in [1.165, 1.54) is 0 Å². The van der Waals surface area contributed by atoms with E-state index in [1.54, 1.807) is 31.2 Å². The first-order valence-corrected chi connectivity index (χ1v) is 9.44. The first-order chi connectivity index (χ1) is 13.1. The number of amides is 2. The van der Waals surface area contributed by atoms with E-state index >= 15 is 0 Å². The molecule has 0 aliphatic heterocycles. The third-order valence-electron chi connectivity index (χ3n) is 4.23. The fourth-order valence-electron chi connectivity index (χ4n) is 2.48. The Bertz CT molecular complexity index is 897. The zero-order valence-electron chi connectivity index (χ0n) is 16.9. The maximum atomic E-state index is 12.2. The quantitative estimate of drug-likeness (QED) is 0.543. The van der Waals surface area contributed by atoms with Gasteiger partial charge in [0.2, 0.25) is 5.91 Å². The van der Waals surface area contributed by atoms with Gasteiger partial charge in [-0.05, 0) is 54.7 Å². The number of rotatable bonds is 5. The molecular weight excluding hydrogens is 374 g/mol. The summed E-state index contributed by atoms with van der Waals surface area (Å²) in [6.45, 7) is 9.93. The van der Waals surface area contributed by atoms with Gasteiger partial charge in [-0.2, -0.15) is 5.10 Å². The molecule has 6 heteroatoms. The smallest absolute Gasteiger partial charge is 0.271 e. The maximum absolute atomic E-state index is 12.2. The van der Waals surface area contributed by atoms with Crippen LogP contribution < -0.4 is 10.7 Å². The van der Waals surface area contributed by atoms with Gasteiger partial charge >= 0.3 is 0 Å². The van der Waals surface area contributed by atoms with Crippen molar-refractivity contribution in [3.63, 3.8) is 0 Å². The molecule has 0 aliphatic carbocycles. The summed E-state index contributed by atoms with van der Waals surface area (Å²) >= 11 is 6.06. The first kappa shape index (κ1) is 21.6. The topological polar surface area (TPSA) is 70.6 Å². The van der Waals surface area contributed by atoms with E-state index in [4.69, 9.17) is 11.6 Å². The predicted molar refractivity (Wildman–Crippen MR) is 115 cm³/mol. The number of carbonyl (C=O) groups excluding carboxylic acids is 2. The van der Waals surface area contributed by atoms with Crippen LogP contribution in [0.15, 0.2) is 47.6 Å². The SMILES string of the molecule is C/C(CC(=O)Nc1ccc(C)c(Cl)c1)=N\NC(=O)c1ccc(C(C)(C)C)cc1. The molecule has 0 radical (unpaired) electrons. The summed E-state index contributed by atoms with van der Waals surface area (Å²) in [5.74, 6) is -0.546. The molecule has 0 aromatic heterocycles. The Morgan fingerprint density at radius 1 is 1.07 bits per heavy atom. The summed E-state index contributed by atoms with van der Waals surface area (Å²) < 4.78 is 0. The average molecular weight is 400 g/mol. The number of anilines is 1. The average Bonchev–Trinajstić information content (AvgIpc) is 2.62. The number of aryl methyl sites for hydroxylation is 1. The van der Waals surface area contributed by atoms with Crippen LogP contribution in [0, 0.1) is 6.92 Å². The highest BCUT2D eigenvalue weighted by Crippen LogP contribution is 2.22. The Morgan fingerprint density at radius 2 is 1.71 bits per heavy atom. The van der Waals surface area contributed by atoms with Crippen LogP contribution in [0.4, 0.5) is 5.69 Å². The van der Waals surface area contributed by atoms with Crippen LogP contribution in [-0.2, 0) is 10.2 Å². The van der Waals surface area contributed by atoms with E-state index in [9.17, 15) is 9.59 Å². The standard InChI is InChI=1S/C22H26ClN3O2/c1-14-6-11-18(13-19(14)23)24-20(27)12-15(2)25-26-21(28)16-7-9-17(10-8-16)22(3,4)5/h6-11,13H,12H2,1-5H3,(H,24,27)(H,26,28)/b25-15+. The van der Waals surface area contributed by atoms with Gasteiger partial charge in [0.25, 0.3) is 5.91 Å². The molecule has 2 amide bonds. The highest BCUT2D eigenvalue weighted by molar-refractivity contribution is 6.31. The molecule has 0 unspecified atom stereocenters. The zero-order valence-corrected chi connectivity index (χ0v) is 17.6. The van der Waals surface area contributed by atoms with E-state index in [0.29, 0.717) is 22.0 Å². The summed E-state index contributed by atoms with van der Waals surface area (Å²) in [5, 5.41) is 7.37. The Morgan fingerprint density at radius 3 is 2.29 bits per heavy atom. The van der Waals surface area contributed by atoms with Gasteiger partial charge in [-0.15, -0.1) is 0 Å². The largest absolute Gasteiger partial charge is 0.326 e. The molecular formula is C22H26ClN3O2. The lowest BCUT2D eigenvalue weighted by Gasteiger charge is -2.18. The van der Waals surface area contributed by atoms with Crippen molar-refractivity contribution in [2.24, 2.45) is 5.10 Å². The lowest BCUT2D eigenvalue weighted by Crippen LogP contribution is -2.21. The molecule has 0 atom stereocenters. The van der Waals surface area contributed by atoms with Crippen molar-refractivity contribution in [2.75, 3.05) is 5.32 Å². The molecule has 0 spiro atoms. The van der Waals surface area contributed by atoms with Gasteiger partial charge in [0.05, 0.1) is 6.42 Å². The minimum Gasteiger partial charge on any atom is -0.326 e. The van der Waals surface area contributed by atoms with Crippen LogP contribution in [0.3, 0.4) is 0 Å². The molecule has 0 saturated carbocycles. The van der Waals surface area contributed by atoms with E-state index in [1.807, 2.05) is 25.1 Å². The molecule has 28 heavy (non-hydrogen) atoms. The summed E-state index contributed by atoms with van der Waals surface area (Å²) in [5.41, 5.74) is 6.24. The normalized spacial score (nSPS) is 11.9. The molecule has 0 bridgehead atoms. The Labute approximate surface area is 171 Å². The third-order valence-corrected chi connectivity index (χ3v) is 4.64. The second kappa shape index (κ2) is 9.02. The fraction of sp³-hybridized carbons (Fsp3) is 0.318. The van der Waals surface area contributed by atoms with Crippen LogP contribution in [0.1, 0.15) is 55.6 Å². The molecule has 0 saturated heterocycles. The summed E-state index contributed by atoms with van der Waals surface area (Å²) in [4.78, 5) is 24.3. The minimum atomic E-state index is -0.314. The van der Waals surface area contributed by atoms with Gasteiger partial charge < -0.3 is 5.32 Å². The van der Waals surface area contributed by atoms with Crippen LogP contribution in [0.2, 0.25) is 5.02 Å². The van der Waals surface area contributed by atoms with Crippen molar-refractivity contribution in [3.05, 3.63) is 64.2 Å². The Hall–Kier alpha value is -2.66. The van der Waals surface area contributed by atoms with Gasteiger partial charge in [0.1, 0.15) is 0 Å². The summed E-state index contributed by atoms with van der Waals surface area (Å²) in [6.07, 6.45) is 0.0642. The number of halogens is 1. The molecule has 5 nitrogen and oxygen atoms in total. The molecule has 2 N–H and O–H groups in total. The Kier molecular flexibility index (Phi) is 6.97. The number of hydrazone groups is 1. The van der Waals surface area contributed by atoms with Gasteiger partial charge in [-0.3, -0.25) is 9.59 Å². The van der Waals surface area contributed by atoms with Crippen molar-refractivity contribution >= 4 is 34.8 Å². The molecule has 0 heterocycles. The zero-order chi connectivity index (χ0) is 20.9. The van der Waals surface area contributed by atoms with E-state index in [0.717, 1.165) is 11.1 Å². The molecule has 2 rings (SSSR count). The fourth-order valence-corrected chi connectivity index (χ4v) is 2.66. The highest BCUT2D eigenvalue weighted by atomic mass is 35.5. The Balaban J connectivity index is 1.91. The van der Waals surface area contributed by atoms with Crippen LogP contribution in [-0.4, -0.2) is 17.5 Å². The van der Waals surface area contributed by atoms with Gasteiger partial charge in [0.15, 0.2) is 0 Å². The van der Waals surface area contributed by atoms with Crippen LogP contribution >= 0.6 is 11.6 Å². The van der Waals surface area contributed by atoms with Crippen molar-refractivity contribution in [2.45, 2.75) is 46.5 Å². The number of nitrogens with zero attached hydrogens (tertiary/aromatic N) is 1. The third kappa shape index (κ3) is 6.20. The van der Waals surface area contributed by atoms with Crippen molar-refractivity contribution < 1.29 is 9.59 Å². The summed E-state index contributed by atoms with van der Waals surface area (Å²) in [6, 6.07) is 12.7. The molecule has 0 fully saturated rings. The monoisotopic (exact) mass is 399 g/mol. The van der Waals surface area contributed by atoms with E-state index in [2.05, 4.69) is 36.6 Å². The summed E-state index contributed by atoms with van der Waals surface area (Å²) in [7, 11) is 0. The van der Waals surface area contributed by atoms with Crippen LogP contribution in [0.5, 0.6) is 0 Å². The predicted octanol–water partition coefficient (Wildman–Crippen LogP) is 5.08. The minimum absolute atomic E-state index is 0.0266. The van der Waals surface area contributed by atoms with E-state index < -0.39 is 0 Å². The van der Waals surface area contributed by atoms with Gasteiger partial charge in [-0.1, -0.05) is 50.6 Å². The van der Waals surface area contributed by atoms with Crippen LogP contribution in [0.25, 0.3) is 0 Å². The lowest BCUT2D eigenvalue weighted by atomic mass is 9.87.